The fourth-order valence-electron chi connectivity index (χ4n) is 2.65. The van der Waals surface area contributed by atoms with Crippen LogP contribution in [0.25, 0.3) is 0 Å². The Morgan fingerprint density at radius 3 is 2.85 bits per heavy atom. The Kier molecular flexibility index (Phi) is 4.69. The van der Waals surface area contributed by atoms with Crippen molar-refractivity contribution in [1.29, 1.82) is 0 Å². The number of carbonyl (C=O) groups is 1. The number of β-amino-alcohol motifs (C(OH)–C–C–N with tert-alkyl or cyclic N) is 1. The van der Waals surface area contributed by atoms with E-state index in [4.69, 9.17) is 5.11 Å². The molecular formula is C14H21N3O3. The van der Waals surface area contributed by atoms with E-state index in [0.29, 0.717) is 13.1 Å². The summed E-state index contributed by atoms with van der Waals surface area (Å²) in [7, 11) is 3.95. The van der Waals surface area contributed by atoms with E-state index in [2.05, 4.69) is 9.88 Å². The summed E-state index contributed by atoms with van der Waals surface area (Å²) in [5, 5.41) is 19.1. The van der Waals surface area contributed by atoms with Crippen molar-refractivity contribution in [3.63, 3.8) is 0 Å². The van der Waals surface area contributed by atoms with Crippen LogP contribution in [-0.4, -0.2) is 70.3 Å². The number of likely N-dealkylation sites (N-methyl/N-ethyl adjacent to an activating group) is 1. The summed E-state index contributed by atoms with van der Waals surface area (Å²) in [6.07, 6.45) is 0.508. The van der Waals surface area contributed by atoms with Gasteiger partial charge in [-0.25, -0.2) is 9.78 Å². The number of piperidine rings is 1. The molecular weight excluding hydrogens is 258 g/mol. The van der Waals surface area contributed by atoms with Gasteiger partial charge in [0.05, 0.1) is 11.8 Å². The Morgan fingerprint density at radius 2 is 2.25 bits per heavy atom. The third-order valence-corrected chi connectivity index (χ3v) is 3.71. The summed E-state index contributed by atoms with van der Waals surface area (Å²) in [5.74, 6) is -1.02. The van der Waals surface area contributed by atoms with Gasteiger partial charge < -0.3 is 15.1 Å². The number of aromatic carboxylic acids is 1. The van der Waals surface area contributed by atoms with E-state index in [9.17, 15) is 9.90 Å². The minimum absolute atomic E-state index is 0.0613. The van der Waals surface area contributed by atoms with Crippen molar-refractivity contribution in [2.75, 3.05) is 27.2 Å². The zero-order valence-corrected chi connectivity index (χ0v) is 11.9. The molecule has 0 aliphatic carbocycles. The SMILES string of the molecule is CN(C)[C@H]1CCN(Cc2cccc(C(=O)O)n2)C[C@@H]1O. The van der Waals surface area contributed by atoms with Gasteiger partial charge in [-0.05, 0) is 32.6 Å². The highest BCUT2D eigenvalue weighted by Crippen LogP contribution is 2.16. The fourth-order valence-corrected chi connectivity index (χ4v) is 2.65. The average molecular weight is 279 g/mol. The summed E-state index contributed by atoms with van der Waals surface area (Å²) >= 11 is 0. The summed E-state index contributed by atoms with van der Waals surface area (Å²) in [6, 6.07) is 5.19. The molecule has 2 rings (SSSR count). The highest BCUT2D eigenvalue weighted by atomic mass is 16.4. The first-order valence-electron chi connectivity index (χ1n) is 6.73. The zero-order chi connectivity index (χ0) is 14.7. The average Bonchev–Trinajstić information content (AvgIpc) is 2.38. The van der Waals surface area contributed by atoms with E-state index in [1.165, 1.54) is 6.07 Å². The predicted molar refractivity (Wildman–Crippen MR) is 74.6 cm³/mol. The van der Waals surface area contributed by atoms with E-state index in [0.717, 1.165) is 18.7 Å². The second-order valence-electron chi connectivity index (χ2n) is 5.44. The smallest absolute Gasteiger partial charge is 0.354 e. The number of aliphatic hydroxyl groups is 1. The third kappa shape index (κ3) is 3.53. The van der Waals surface area contributed by atoms with E-state index >= 15 is 0 Å². The van der Waals surface area contributed by atoms with Crippen LogP contribution < -0.4 is 0 Å². The number of pyridine rings is 1. The highest BCUT2D eigenvalue weighted by Gasteiger charge is 2.29. The molecule has 0 bridgehead atoms. The number of carboxylic acids is 1. The number of nitrogens with zero attached hydrogens (tertiary/aromatic N) is 3. The van der Waals surface area contributed by atoms with Gasteiger partial charge in [0.15, 0.2) is 0 Å². The Labute approximate surface area is 118 Å². The standard InChI is InChI=1S/C14H21N3O3/c1-16(2)12-6-7-17(9-13(12)18)8-10-4-3-5-11(15-10)14(19)20/h3-5,12-13,18H,6-9H2,1-2H3,(H,19,20)/t12-,13-/m0/s1. The van der Waals surface area contributed by atoms with Gasteiger partial charge >= 0.3 is 5.97 Å². The van der Waals surface area contributed by atoms with Gasteiger partial charge in [-0.15, -0.1) is 0 Å². The molecule has 2 heterocycles. The van der Waals surface area contributed by atoms with E-state index in [1.54, 1.807) is 6.07 Å². The minimum atomic E-state index is -1.02. The number of aliphatic hydroxyl groups excluding tert-OH is 1. The lowest BCUT2D eigenvalue weighted by molar-refractivity contribution is 0.00116. The highest BCUT2D eigenvalue weighted by molar-refractivity contribution is 5.85. The number of rotatable bonds is 4. The molecule has 1 aliphatic rings. The van der Waals surface area contributed by atoms with Crippen LogP contribution in [-0.2, 0) is 6.54 Å². The van der Waals surface area contributed by atoms with Crippen molar-refractivity contribution in [1.82, 2.24) is 14.8 Å². The van der Waals surface area contributed by atoms with Crippen molar-refractivity contribution in [2.45, 2.75) is 25.1 Å². The molecule has 2 atom stereocenters. The molecule has 0 aromatic carbocycles. The van der Waals surface area contributed by atoms with Crippen molar-refractivity contribution in [2.24, 2.45) is 0 Å². The Morgan fingerprint density at radius 1 is 1.50 bits per heavy atom. The predicted octanol–water partition coefficient (Wildman–Crippen LogP) is 0.277. The zero-order valence-electron chi connectivity index (χ0n) is 11.9. The van der Waals surface area contributed by atoms with Crippen LogP contribution >= 0.6 is 0 Å². The quantitative estimate of drug-likeness (QED) is 0.824. The van der Waals surface area contributed by atoms with Gasteiger partial charge in [0.2, 0.25) is 0 Å². The van der Waals surface area contributed by atoms with Crippen molar-refractivity contribution in [3.05, 3.63) is 29.6 Å². The van der Waals surface area contributed by atoms with Crippen molar-refractivity contribution >= 4 is 5.97 Å². The first-order valence-corrected chi connectivity index (χ1v) is 6.73. The van der Waals surface area contributed by atoms with Crippen LogP contribution in [0.15, 0.2) is 18.2 Å². The maximum atomic E-state index is 10.9. The maximum Gasteiger partial charge on any atom is 0.354 e. The Hall–Kier alpha value is -1.50. The molecule has 6 heteroatoms. The van der Waals surface area contributed by atoms with Crippen LogP contribution in [0.1, 0.15) is 22.6 Å². The largest absolute Gasteiger partial charge is 0.477 e. The van der Waals surface area contributed by atoms with E-state index < -0.39 is 5.97 Å². The number of aromatic nitrogens is 1. The second kappa shape index (κ2) is 6.30. The summed E-state index contributed by atoms with van der Waals surface area (Å²) < 4.78 is 0. The molecule has 2 N–H and O–H groups in total. The summed E-state index contributed by atoms with van der Waals surface area (Å²) in [6.45, 7) is 2.03. The Bertz CT molecular complexity index is 478. The molecule has 1 aliphatic heterocycles. The van der Waals surface area contributed by atoms with Crippen molar-refractivity contribution in [3.8, 4) is 0 Å². The fraction of sp³-hybridized carbons (Fsp3) is 0.571. The molecule has 110 valence electrons. The second-order valence-corrected chi connectivity index (χ2v) is 5.44. The Balaban J connectivity index is 1.98. The van der Waals surface area contributed by atoms with Crippen LogP contribution in [0.3, 0.4) is 0 Å². The summed E-state index contributed by atoms with van der Waals surface area (Å²) in [4.78, 5) is 19.2. The molecule has 0 spiro atoms. The van der Waals surface area contributed by atoms with Crippen molar-refractivity contribution < 1.29 is 15.0 Å². The number of hydrogen-bond acceptors (Lipinski definition) is 5. The van der Waals surface area contributed by atoms with E-state index in [-0.39, 0.29) is 17.8 Å². The van der Waals surface area contributed by atoms with Gasteiger partial charge in [-0.3, -0.25) is 4.90 Å². The molecule has 0 amide bonds. The number of likely N-dealkylation sites (tertiary alicyclic amines) is 1. The minimum Gasteiger partial charge on any atom is -0.477 e. The van der Waals surface area contributed by atoms with Gasteiger partial charge in [-0.2, -0.15) is 0 Å². The molecule has 0 radical (unpaired) electrons. The normalized spacial score (nSPS) is 24.0. The summed E-state index contributed by atoms with van der Waals surface area (Å²) in [5.41, 5.74) is 0.784. The topological polar surface area (TPSA) is 76.9 Å². The molecule has 6 nitrogen and oxygen atoms in total. The van der Waals surface area contributed by atoms with Crippen LogP contribution in [0.5, 0.6) is 0 Å². The monoisotopic (exact) mass is 279 g/mol. The number of carboxylic acid groups (broad SMARTS) is 1. The number of hydrogen-bond donors (Lipinski definition) is 2. The molecule has 0 unspecified atom stereocenters. The molecule has 1 fully saturated rings. The van der Waals surface area contributed by atoms with Gasteiger partial charge in [0.1, 0.15) is 5.69 Å². The maximum absolute atomic E-state index is 10.9. The molecule has 1 saturated heterocycles. The van der Waals surface area contributed by atoms with Crippen LogP contribution in [0, 0.1) is 0 Å². The third-order valence-electron chi connectivity index (χ3n) is 3.71. The lowest BCUT2D eigenvalue weighted by atomic mass is 10.0. The van der Waals surface area contributed by atoms with Crippen LogP contribution in [0.4, 0.5) is 0 Å². The van der Waals surface area contributed by atoms with E-state index in [1.807, 2.05) is 25.1 Å². The van der Waals surface area contributed by atoms with Gasteiger partial charge in [-0.1, -0.05) is 6.07 Å². The molecule has 1 aromatic rings. The first kappa shape index (κ1) is 14.9. The molecule has 0 saturated carbocycles. The molecule has 20 heavy (non-hydrogen) atoms. The lowest BCUT2D eigenvalue weighted by Crippen LogP contribution is -2.51. The molecule has 1 aromatic heterocycles. The van der Waals surface area contributed by atoms with Gasteiger partial charge in [0.25, 0.3) is 0 Å². The van der Waals surface area contributed by atoms with Gasteiger partial charge in [0, 0.05) is 25.7 Å². The lowest BCUT2D eigenvalue weighted by Gasteiger charge is -2.38. The van der Waals surface area contributed by atoms with Crippen LogP contribution in [0.2, 0.25) is 0 Å². The first-order chi connectivity index (χ1) is 9.47.